The molecular weight excluding hydrogens is 402 g/mol. The molecule has 1 atom stereocenters. The first-order valence-corrected chi connectivity index (χ1v) is 10.3. The molecule has 2 aromatic carbocycles. The molecule has 8 heteroatoms. The lowest BCUT2D eigenvalue weighted by molar-refractivity contribution is -0.121. The van der Waals surface area contributed by atoms with Crippen LogP contribution in [0.15, 0.2) is 42.5 Å². The Labute approximate surface area is 179 Å². The normalized spacial score (nSPS) is 11.9. The van der Waals surface area contributed by atoms with E-state index in [0.717, 1.165) is 10.2 Å². The Morgan fingerprint density at radius 1 is 1.07 bits per heavy atom. The first-order chi connectivity index (χ1) is 14.3. The van der Waals surface area contributed by atoms with Gasteiger partial charge in [0, 0.05) is 18.7 Å². The number of hydrogen-bond acceptors (Lipinski definition) is 6. The summed E-state index contributed by atoms with van der Waals surface area (Å²) >= 11 is 1.44. The van der Waals surface area contributed by atoms with Crippen LogP contribution in [-0.2, 0) is 4.79 Å². The standard InChI is InChI=1S/C22H25N3O4S/c1-13(2)19(24-20(26)14-10-15(28-4)12-16(11-14)29-5)21(27)25(3)22-23-17-8-6-7-9-18(17)30-22/h6-13,19H,1-5H3,(H,24,26). The fourth-order valence-electron chi connectivity index (χ4n) is 2.98. The van der Waals surface area contributed by atoms with Crippen LogP contribution < -0.4 is 19.7 Å². The SMILES string of the molecule is COc1cc(OC)cc(C(=O)NC(C(=O)N(C)c2nc3ccccc3s2)C(C)C)c1. The number of para-hydroxylation sites is 1. The zero-order valence-corrected chi connectivity index (χ0v) is 18.4. The molecule has 1 aromatic heterocycles. The molecule has 0 saturated heterocycles. The van der Waals surface area contributed by atoms with E-state index in [1.165, 1.54) is 30.5 Å². The molecule has 0 aliphatic carbocycles. The number of aromatic nitrogens is 1. The van der Waals surface area contributed by atoms with Crippen LogP contribution in [0.1, 0.15) is 24.2 Å². The van der Waals surface area contributed by atoms with Crippen molar-refractivity contribution in [2.75, 3.05) is 26.2 Å². The molecule has 0 aliphatic heterocycles. The zero-order valence-electron chi connectivity index (χ0n) is 17.6. The minimum Gasteiger partial charge on any atom is -0.497 e. The van der Waals surface area contributed by atoms with E-state index in [1.54, 1.807) is 25.2 Å². The summed E-state index contributed by atoms with van der Waals surface area (Å²) in [6.45, 7) is 3.78. The Morgan fingerprint density at radius 2 is 1.70 bits per heavy atom. The summed E-state index contributed by atoms with van der Waals surface area (Å²) in [5.74, 6) is 0.270. The molecule has 2 amide bonds. The minimum absolute atomic E-state index is 0.120. The maximum absolute atomic E-state index is 13.2. The molecular formula is C22H25N3O4S. The second kappa shape index (κ2) is 9.13. The molecule has 30 heavy (non-hydrogen) atoms. The number of benzene rings is 2. The smallest absolute Gasteiger partial charge is 0.252 e. The van der Waals surface area contributed by atoms with Crippen molar-refractivity contribution in [1.29, 1.82) is 0 Å². The number of thiazole rings is 1. The van der Waals surface area contributed by atoms with Gasteiger partial charge in [-0.3, -0.25) is 14.5 Å². The van der Waals surface area contributed by atoms with Gasteiger partial charge in [-0.15, -0.1) is 0 Å². The number of ether oxygens (including phenoxy) is 2. The van der Waals surface area contributed by atoms with Gasteiger partial charge in [0.2, 0.25) is 0 Å². The van der Waals surface area contributed by atoms with E-state index in [1.807, 2.05) is 38.1 Å². The molecule has 0 radical (unpaired) electrons. The number of nitrogens with one attached hydrogen (secondary N) is 1. The van der Waals surface area contributed by atoms with Crippen molar-refractivity contribution in [1.82, 2.24) is 10.3 Å². The Hall–Kier alpha value is -3.13. The molecule has 1 unspecified atom stereocenters. The topological polar surface area (TPSA) is 80.8 Å². The Bertz CT molecular complexity index is 1010. The molecule has 0 bridgehead atoms. The Kier molecular flexibility index (Phi) is 6.56. The molecule has 3 rings (SSSR count). The lowest BCUT2D eigenvalue weighted by Gasteiger charge is -2.25. The van der Waals surface area contributed by atoms with Gasteiger partial charge in [0.05, 0.1) is 24.4 Å². The van der Waals surface area contributed by atoms with Gasteiger partial charge in [-0.25, -0.2) is 4.98 Å². The summed E-state index contributed by atoms with van der Waals surface area (Å²) in [5, 5.41) is 3.44. The predicted molar refractivity (Wildman–Crippen MR) is 119 cm³/mol. The van der Waals surface area contributed by atoms with Crippen LogP contribution >= 0.6 is 11.3 Å². The largest absolute Gasteiger partial charge is 0.497 e. The van der Waals surface area contributed by atoms with Gasteiger partial charge >= 0.3 is 0 Å². The van der Waals surface area contributed by atoms with Crippen LogP contribution in [-0.4, -0.2) is 44.1 Å². The van der Waals surface area contributed by atoms with Gasteiger partial charge in [0.15, 0.2) is 5.13 Å². The van der Waals surface area contributed by atoms with Crippen LogP contribution in [0.2, 0.25) is 0 Å². The highest BCUT2D eigenvalue weighted by Crippen LogP contribution is 2.29. The first kappa shape index (κ1) is 21.6. The van der Waals surface area contributed by atoms with Crippen molar-refractivity contribution in [2.45, 2.75) is 19.9 Å². The fourth-order valence-corrected chi connectivity index (χ4v) is 3.92. The Morgan fingerprint density at radius 3 is 2.27 bits per heavy atom. The van der Waals surface area contributed by atoms with Crippen LogP contribution in [0.25, 0.3) is 10.2 Å². The third kappa shape index (κ3) is 4.54. The van der Waals surface area contributed by atoms with Crippen molar-refractivity contribution >= 4 is 38.5 Å². The van der Waals surface area contributed by atoms with Gasteiger partial charge < -0.3 is 14.8 Å². The van der Waals surface area contributed by atoms with E-state index < -0.39 is 6.04 Å². The summed E-state index contributed by atoms with van der Waals surface area (Å²) in [6, 6.07) is 11.9. The lowest BCUT2D eigenvalue weighted by atomic mass is 10.0. The molecule has 1 N–H and O–H groups in total. The highest BCUT2D eigenvalue weighted by molar-refractivity contribution is 7.22. The number of carbonyl (C=O) groups excluding carboxylic acids is 2. The number of likely N-dealkylation sites (N-methyl/N-ethyl adjacent to an activating group) is 1. The quantitative estimate of drug-likeness (QED) is 0.621. The molecule has 1 heterocycles. The summed E-state index contributed by atoms with van der Waals surface area (Å²) in [6.07, 6.45) is 0. The van der Waals surface area contributed by atoms with Gasteiger partial charge in [-0.05, 0) is 30.2 Å². The van der Waals surface area contributed by atoms with Crippen LogP contribution in [0.4, 0.5) is 5.13 Å². The van der Waals surface area contributed by atoms with E-state index in [9.17, 15) is 9.59 Å². The second-order valence-corrected chi connectivity index (χ2v) is 8.17. The molecule has 0 fully saturated rings. The average molecular weight is 428 g/mol. The molecule has 7 nitrogen and oxygen atoms in total. The number of hydrogen-bond donors (Lipinski definition) is 1. The molecule has 158 valence electrons. The fraction of sp³-hybridized carbons (Fsp3) is 0.318. The van der Waals surface area contributed by atoms with E-state index in [0.29, 0.717) is 22.2 Å². The van der Waals surface area contributed by atoms with Crippen molar-refractivity contribution in [3.05, 3.63) is 48.0 Å². The zero-order chi connectivity index (χ0) is 21.8. The number of anilines is 1. The Balaban J connectivity index is 1.82. The maximum atomic E-state index is 13.2. The summed E-state index contributed by atoms with van der Waals surface area (Å²) in [7, 11) is 4.71. The van der Waals surface area contributed by atoms with E-state index in [4.69, 9.17) is 9.47 Å². The molecule has 0 saturated carbocycles. The molecule has 0 aliphatic rings. The van der Waals surface area contributed by atoms with Crippen molar-refractivity contribution < 1.29 is 19.1 Å². The molecule has 3 aromatic rings. The van der Waals surface area contributed by atoms with E-state index >= 15 is 0 Å². The first-order valence-electron chi connectivity index (χ1n) is 9.51. The second-order valence-electron chi connectivity index (χ2n) is 7.16. The average Bonchev–Trinajstić information content (AvgIpc) is 3.19. The van der Waals surface area contributed by atoms with Gasteiger partial charge in [-0.1, -0.05) is 37.3 Å². The van der Waals surface area contributed by atoms with Gasteiger partial charge in [-0.2, -0.15) is 0 Å². The highest BCUT2D eigenvalue weighted by atomic mass is 32.1. The number of fused-ring (bicyclic) bond motifs is 1. The number of carbonyl (C=O) groups is 2. The number of rotatable bonds is 7. The summed E-state index contributed by atoms with van der Waals surface area (Å²) < 4.78 is 11.5. The van der Waals surface area contributed by atoms with E-state index in [-0.39, 0.29) is 17.7 Å². The van der Waals surface area contributed by atoms with Gasteiger partial charge in [0.1, 0.15) is 17.5 Å². The number of methoxy groups -OCH3 is 2. The minimum atomic E-state index is -0.716. The van der Waals surface area contributed by atoms with Crippen molar-refractivity contribution in [3.63, 3.8) is 0 Å². The number of nitrogens with zero attached hydrogens (tertiary/aromatic N) is 2. The van der Waals surface area contributed by atoms with Crippen LogP contribution in [0, 0.1) is 5.92 Å². The lowest BCUT2D eigenvalue weighted by Crippen LogP contribution is -2.50. The maximum Gasteiger partial charge on any atom is 0.252 e. The van der Waals surface area contributed by atoms with Gasteiger partial charge in [0.25, 0.3) is 11.8 Å². The number of amides is 2. The summed E-state index contributed by atoms with van der Waals surface area (Å²) in [4.78, 5) is 32.1. The van der Waals surface area contributed by atoms with E-state index in [2.05, 4.69) is 10.3 Å². The third-order valence-corrected chi connectivity index (χ3v) is 5.85. The third-order valence-electron chi connectivity index (χ3n) is 4.73. The van der Waals surface area contributed by atoms with Crippen molar-refractivity contribution in [3.8, 4) is 11.5 Å². The summed E-state index contributed by atoms with van der Waals surface area (Å²) in [5.41, 5.74) is 1.19. The molecule has 0 spiro atoms. The predicted octanol–water partition coefficient (Wildman–Crippen LogP) is 3.73. The highest BCUT2D eigenvalue weighted by Gasteiger charge is 2.29. The van der Waals surface area contributed by atoms with Crippen molar-refractivity contribution in [2.24, 2.45) is 5.92 Å². The van der Waals surface area contributed by atoms with Crippen LogP contribution in [0.3, 0.4) is 0 Å². The monoisotopic (exact) mass is 427 g/mol. The van der Waals surface area contributed by atoms with Crippen LogP contribution in [0.5, 0.6) is 11.5 Å².